The van der Waals surface area contributed by atoms with Gasteiger partial charge < -0.3 is 0 Å². The van der Waals surface area contributed by atoms with Gasteiger partial charge in [-0.15, -0.1) is 35.3 Å². The molecule has 3 rings (SSSR count). The molecule has 1 nitrogen and oxygen atoms in total. The molecule has 0 amide bonds. The first-order chi connectivity index (χ1) is 8.33. The molecule has 0 radical (unpaired) electrons. The second-order valence-corrected chi connectivity index (χ2v) is 6.98. The maximum absolute atomic E-state index is 6.46. The zero-order valence-corrected chi connectivity index (χ0v) is 13.0. The van der Waals surface area contributed by atoms with Gasteiger partial charge in [0.2, 0.25) is 0 Å². The second-order valence-electron chi connectivity index (χ2n) is 5.41. The summed E-state index contributed by atoms with van der Waals surface area (Å²) in [6.45, 7) is 3.59. The summed E-state index contributed by atoms with van der Waals surface area (Å²) in [6.07, 6.45) is 6.52. The van der Waals surface area contributed by atoms with Gasteiger partial charge in [-0.2, -0.15) is 0 Å². The van der Waals surface area contributed by atoms with Crippen molar-refractivity contribution >= 4 is 35.3 Å². The lowest BCUT2D eigenvalue weighted by atomic mass is 9.88. The van der Waals surface area contributed by atoms with Crippen molar-refractivity contribution in [2.24, 2.45) is 5.92 Å². The average Bonchev–Trinajstić information content (AvgIpc) is 2.79. The van der Waals surface area contributed by atoms with E-state index in [0.717, 1.165) is 12.5 Å². The van der Waals surface area contributed by atoms with Crippen LogP contribution in [0.3, 0.4) is 0 Å². The number of alkyl halides is 1. The Hall–Kier alpha value is 0.240. The first kappa shape index (κ1) is 14.6. The molecule has 2 atom stereocenters. The van der Waals surface area contributed by atoms with Gasteiger partial charge in [-0.1, -0.05) is 12.8 Å². The Morgan fingerprint density at radius 2 is 2.17 bits per heavy atom. The van der Waals surface area contributed by atoms with Crippen LogP contribution in [0.25, 0.3) is 0 Å². The fraction of sp³-hybridized carbons (Fsp3) is 0.714. The summed E-state index contributed by atoms with van der Waals surface area (Å²) in [4.78, 5) is 4.22. The molecular weight excluding hydrogens is 285 g/mol. The Bertz CT molecular complexity index is 380. The van der Waals surface area contributed by atoms with E-state index in [1.165, 1.54) is 45.2 Å². The number of fused-ring (bicyclic) bond motifs is 1. The van der Waals surface area contributed by atoms with E-state index >= 15 is 0 Å². The minimum atomic E-state index is 0. The molecule has 1 fully saturated rings. The molecule has 1 aliphatic heterocycles. The molecule has 1 saturated carbocycles. The topological polar surface area (TPSA) is 3.24 Å². The van der Waals surface area contributed by atoms with Gasteiger partial charge in [-0.25, -0.2) is 0 Å². The van der Waals surface area contributed by atoms with Crippen molar-refractivity contribution in [1.29, 1.82) is 0 Å². The molecule has 2 heterocycles. The quantitative estimate of drug-likeness (QED) is 0.735. The lowest BCUT2D eigenvalue weighted by Gasteiger charge is -2.34. The number of nitrogens with zero attached hydrogens (tertiary/aromatic N) is 1. The first-order valence-electron chi connectivity index (χ1n) is 6.74. The van der Waals surface area contributed by atoms with E-state index in [-0.39, 0.29) is 12.4 Å². The van der Waals surface area contributed by atoms with Crippen LogP contribution in [0, 0.1) is 5.92 Å². The molecule has 4 heteroatoms. The maximum Gasteiger partial charge on any atom is 0.0376 e. The summed E-state index contributed by atoms with van der Waals surface area (Å²) in [7, 11) is 0. The third-order valence-corrected chi connectivity index (χ3v) is 5.79. The third-order valence-electron chi connectivity index (χ3n) is 4.20. The van der Waals surface area contributed by atoms with Crippen molar-refractivity contribution in [2.45, 2.75) is 44.0 Å². The average molecular weight is 306 g/mol. The summed E-state index contributed by atoms with van der Waals surface area (Å²) < 4.78 is 0. The minimum absolute atomic E-state index is 0. The Labute approximate surface area is 125 Å². The molecule has 0 saturated heterocycles. The van der Waals surface area contributed by atoms with Crippen molar-refractivity contribution < 1.29 is 0 Å². The Morgan fingerprint density at radius 3 is 3.00 bits per heavy atom. The SMILES string of the molecule is Cl.ClC1CCCCC1CN1CCc2sccc2C1. The van der Waals surface area contributed by atoms with Gasteiger partial charge >= 0.3 is 0 Å². The normalized spacial score (nSPS) is 28.5. The van der Waals surface area contributed by atoms with Gasteiger partial charge in [-0.3, -0.25) is 4.90 Å². The largest absolute Gasteiger partial charge is 0.298 e. The van der Waals surface area contributed by atoms with Crippen LogP contribution in [-0.4, -0.2) is 23.4 Å². The number of hydrogen-bond acceptors (Lipinski definition) is 2. The van der Waals surface area contributed by atoms with Gasteiger partial charge in [0, 0.05) is 29.9 Å². The van der Waals surface area contributed by atoms with E-state index in [0.29, 0.717) is 5.38 Å². The Morgan fingerprint density at radius 1 is 1.33 bits per heavy atom. The molecule has 1 aromatic rings. The summed E-state index contributed by atoms with van der Waals surface area (Å²) in [5, 5.41) is 2.66. The van der Waals surface area contributed by atoms with E-state index in [9.17, 15) is 0 Å². The number of thiophene rings is 1. The van der Waals surface area contributed by atoms with Gasteiger partial charge in [0.15, 0.2) is 0 Å². The first-order valence-corrected chi connectivity index (χ1v) is 8.06. The summed E-state index contributed by atoms with van der Waals surface area (Å²) in [6, 6.07) is 2.30. The van der Waals surface area contributed by atoms with Crippen LogP contribution in [0.2, 0.25) is 0 Å². The summed E-state index contributed by atoms with van der Waals surface area (Å²) in [5.74, 6) is 0.727. The van der Waals surface area contributed by atoms with Crippen molar-refractivity contribution in [3.05, 3.63) is 21.9 Å². The highest BCUT2D eigenvalue weighted by atomic mass is 35.5. The molecule has 18 heavy (non-hydrogen) atoms. The fourth-order valence-electron chi connectivity index (χ4n) is 3.16. The van der Waals surface area contributed by atoms with E-state index in [2.05, 4.69) is 16.3 Å². The molecule has 1 aliphatic carbocycles. The molecule has 0 spiro atoms. The van der Waals surface area contributed by atoms with Gasteiger partial charge in [-0.05, 0) is 42.2 Å². The van der Waals surface area contributed by atoms with Crippen molar-refractivity contribution in [3.8, 4) is 0 Å². The molecule has 1 aromatic heterocycles. The molecular formula is C14H21Cl2NS. The van der Waals surface area contributed by atoms with Crippen LogP contribution < -0.4 is 0 Å². The van der Waals surface area contributed by atoms with Crippen LogP contribution in [0.5, 0.6) is 0 Å². The highest BCUT2D eigenvalue weighted by molar-refractivity contribution is 7.10. The van der Waals surface area contributed by atoms with E-state index in [4.69, 9.17) is 11.6 Å². The Kier molecular flexibility index (Phi) is 5.37. The van der Waals surface area contributed by atoms with Crippen LogP contribution in [0.4, 0.5) is 0 Å². The van der Waals surface area contributed by atoms with Crippen LogP contribution in [0.15, 0.2) is 11.4 Å². The highest BCUT2D eigenvalue weighted by Gasteiger charge is 2.26. The Balaban J connectivity index is 0.00000120. The molecule has 0 aromatic carbocycles. The summed E-state index contributed by atoms with van der Waals surface area (Å²) >= 11 is 8.38. The van der Waals surface area contributed by atoms with Crippen molar-refractivity contribution in [3.63, 3.8) is 0 Å². The third kappa shape index (κ3) is 3.22. The van der Waals surface area contributed by atoms with Crippen LogP contribution in [0.1, 0.15) is 36.1 Å². The standard InChI is InChI=1S/C14H20ClNS.ClH/c15-13-4-2-1-3-11(13)9-16-7-5-14-12(10-16)6-8-17-14;/h6,8,11,13H,1-5,7,9-10H2;1H. The van der Waals surface area contributed by atoms with Crippen molar-refractivity contribution in [2.75, 3.05) is 13.1 Å². The monoisotopic (exact) mass is 305 g/mol. The molecule has 2 aliphatic rings. The van der Waals surface area contributed by atoms with Gasteiger partial charge in [0.1, 0.15) is 0 Å². The summed E-state index contributed by atoms with van der Waals surface area (Å²) in [5.41, 5.74) is 1.56. The van der Waals surface area contributed by atoms with E-state index < -0.39 is 0 Å². The number of hydrogen-bond donors (Lipinski definition) is 0. The number of rotatable bonds is 2. The zero-order valence-electron chi connectivity index (χ0n) is 10.6. The lowest BCUT2D eigenvalue weighted by molar-refractivity contribution is 0.190. The minimum Gasteiger partial charge on any atom is -0.298 e. The highest BCUT2D eigenvalue weighted by Crippen LogP contribution is 2.31. The predicted molar refractivity (Wildman–Crippen MR) is 82.1 cm³/mol. The van der Waals surface area contributed by atoms with E-state index in [1.54, 1.807) is 10.4 Å². The fourth-order valence-corrected chi connectivity index (χ4v) is 4.41. The maximum atomic E-state index is 6.46. The van der Waals surface area contributed by atoms with Crippen LogP contribution >= 0.6 is 35.3 Å². The molecule has 0 N–H and O–H groups in total. The smallest absolute Gasteiger partial charge is 0.0376 e. The van der Waals surface area contributed by atoms with Crippen LogP contribution in [-0.2, 0) is 13.0 Å². The zero-order chi connectivity index (χ0) is 11.7. The lowest BCUT2D eigenvalue weighted by Crippen LogP contribution is -2.37. The number of halogens is 2. The van der Waals surface area contributed by atoms with E-state index in [1.807, 2.05) is 11.3 Å². The second kappa shape index (κ2) is 6.60. The van der Waals surface area contributed by atoms with Gasteiger partial charge in [0.25, 0.3) is 0 Å². The van der Waals surface area contributed by atoms with Crippen molar-refractivity contribution in [1.82, 2.24) is 4.90 Å². The molecule has 102 valence electrons. The molecule has 0 bridgehead atoms. The molecule has 2 unspecified atom stereocenters. The van der Waals surface area contributed by atoms with Gasteiger partial charge in [0.05, 0.1) is 0 Å². The predicted octanol–water partition coefficient (Wildman–Crippen LogP) is 4.33.